The number of anilines is 3. The van der Waals surface area contributed by atoms with Gasteiger partial charge in [0.2, 0.25) is 5.91 Å². The summed E-state index contributed by atoms with van der Waals surface area (Å²) in [7, 11) is 1.54. The van der Waals surface area contributed by atoms with Crippen molar-refractivity contribution in [3.63, 3.8) is 0 Å². The lowest BCUT2D eigenvalue weighted by atomic mass is 10.1. The maximum Gasteiger partial charge on any atom is 0.321 e. The van der Waals surface area contributed by atoms with E-state index in [0.29, 0.717) is 32.6 Å². The van der Waals surface area contributed by atoms with Crippen molar-refractivity contribution in [1.82, 2.24) is 15.3 Å². The zero-order valence-corrected chi connectivity index (χ0v) is 20.5. The zero-order valence-electron chi connectivity index (χ0n) is 18.9. The number of primary amides is 1. The Hall–Kier alpha value is -4.49. The number of aromatic nitrogens is 2. The molecule has 0 unspecified atom stereocenters. The van der Waals surface area contributed by atoms with Crippen molar-refractivity contribution in [1.29, 1.82) is 0 Å². The highest BCUT2D eigenvalue weighted by molar-refractivity contribution is 7.23. The third-order valence-electron chi connectivity index (χ3n) is 4.74. The molecule has 0 saturated carbocycles. The minimum absolute atomic E-state index is 0.213. The van der Waals surface area contributed by atoms with Crippen LogP contribution >= 0.6 is 22.7 Å². The van der Waals surface area contributed by atoms with Crippen molar-refractivity contribution in [2.24, 2.45) is 5.73 Å². The molecule has 0 bridgehead atoms. The number of benzene rings is 2. The van der Waals surface area contributed by atoms with Crippen LogP contribution in [0.25, 0.3) is 21.1 Å². The maximum absolute atomic E-state index is 12.7. The molecular formula is C23H21N7O4S2. The fourth-order valence-electron chi connectivity index (χ4n) is 3.08. The van der Waals surface area contributed by atoms with E-state index in [4.69, 9.17) is 16.2 Å². The SMILES string of the molecule is COc1cccc(C(=O)Nc2cccc(-c3csc(-c4sc(NC(=O)NCC(N)=O)nc4N)n3)c2)c1. The van der Waals surface area contributed by atoms with Crippen LogP contribution in [0.3, 0.4) is 0 Å². The number of hydrogen-bond donors (Lipinski definition) is 5. The summed E-state index contributed by atoms with van der Waals surface area (Å²) in [6, 6.07) is 13.6. The molecule has 36 heavy (non-hydrogen) atoms. The Balaban J connectivity index is 1.48. The van der Waals surface area contributed by atoms with Gasteiger partial charge in [-0.25, -0.2) is 14.8 Å². The molecule has 7 N–H and O–H groups in total. The van der Waals surface area contributed by atoms with Gasteiger partial charge in [-0.05, 0) is 30.3 Å². The Morgan fingerprint density at radius 1 is 1.06 bits per heavy atom. The van der Waals surface area contributed by atoms with Crippen molar-refractivity contribution in [2.45, 2.75) is 0 Å². The van der Waals surface area contributed by atoms with Gasteiger partial charge in [0.15, 0.2) is 5.13 Å². The molecule has 2 aromatic carbocycles. The number of nitrogens with zero attached hydrogens (tertiary/aromatic N) is 2. The summed E-state index contributed by atoms with van der Waals surface area (Å²) in [5, 5.41) is 10.4. The van der Waals surface area contributed by atoms with Crippen molar-refractivity contribution in [2.75, 3.05) is 30.0 Å². The molecule has 2 heterocycles. The molecule has 2 aromatic heterocycles. The van der Waals surface area contributed by atoms with Gasteiger partial charge in [-0.2, -0.15) is 0 Å². The van der Waals surface area contributed by atoms with Crippen LogP contribution in [0.5, 0.6) is 5.75 Å². The van der Waals surface area contributed by atoms with E-state index in [2.05, 4.69) is 25.9 Å². The van der Waals surface area contributed by atoms with Crippen molar-refractivity contribution in [3.8, 4) is 26.9 Å². The lowest BCUT2D eigenvalue weighted by Crippen LogP contribution is -2.36. The van der Waals surface area contributed by atoms with E-state index in [1.165, 1.54) is 11.3 Å². The monoisotopic (exact) mass is 523 g/mol. The Kier molecular flexibility index (Phi) is 7.42. The molecule has 0 aliphatic carbocycles. The average molecular weight is 524 g/mol. The predicted molar refractivity (Wildman–Crippen MR) is 140 cm³/mol. The van der Waals surface area contributed by atoms with E-state index < -0.39 is 11.9 Å². The summed E-state index contributed by atoms with van der Waals surface area (Å²) in [6.07, 6.45) is 0. The molecule has 0 atom stereocenters. The van der Waals surface area contributed by atoms with Gasteiger partial charge >= 0.3 is 6.03 Å². The second kappa shape index (κ2) is 10.8. The van der Waals surface area contributed by atoms with Gasteiger partial charge in [-0.1, -0.05) is 29.5 Å². The third kappa shape index (κ3) is 5.95. The lowest BCUT2D eigenvalue weighted by Gasteiger charge is -2.08. The number of thiazole rings is 2. The molecule has 184 valence electrons. The van der Waals surface area contributed by atoms with Crippen LogP contribution in [0.4, 0.5) is 21.4 Å². The molecule has 13 heteroatoms. The molecule has 4 amide bonds. The first-order valence-corrected chi connectivity index (χ1v) is 12.1. The molecule has 0 aliphatic heterocycles. The van der Waals surface area contributed by atoms with Gasteiger partial charge in [0.1, 0.15) is 21.5 Å². The maximum atomic E-state index is 12.7. The molecule has 0 spiro atoms. The summed E-state index contributed by atoms with van der Waals surface area (Å²) < 4.78 is 5.18. The van der Waals surface area contributed by atoms with Crippen LogP contribution in [0, 0.1) is 0 Å². The fraction of sp³-hybridized carbons (Fsp3) is 0.0870. The number of rotatable bonds is 8. The van der Waals surface area contributed by atoms with Crippen LogP contribution in [-0.4, -0.2) is 41.5 Å². The predicted octanol–water partition coefficient (Wildman–Crippen LogP) is 3.38. The molecule has 0 radical (unpaired) electrons. The first kappa shape index (κ1) is 24.6. The number of ether oxygens (including phenoxy) is 1. The van der Waals surface area contributed by atoms with Gasteiger partial charge < -0.3 is 26.8 Å². The quantitative estimate of drug-likeness (QED) is 0.235. The Bertz CT molecular complexity index is 1430. The molecule has 0 aliphatic rings. The van der Waals surface area contributed by atoms with Crippen molar-refractivity contribution < 1.29 is 19.1 Å². The molecule has 4 rings (SSSR count). The van der Waals surface area contributed by atoms with E-state index in [9.17, 15) is 14.4 Å². The smallest absolute Gasteiger partial charge is 0.321 e. The number of nitrogens with one attached hydrogen (secondary N) is 3. The average Bonchev–Trinajstić information content (AvgIpc) is 3.49. The van der Waals surface area contributed by atoms with E-state index in [0.717, 1.165) is 16.9 Å². The fourth-order valence-corrected chi connectivity index (χ4v) is 4.89. The van der Waals surface area contributed by atoms with Crippen LogP contribution in [-0.2, 0) is 4.79 Å². The number of carbonyl (C=O) groups excluding carboxylic acids is 3. The summed E-state index contributed by atoms with van der Waals surface area (Å²) in [5.74, 6) is -0.116. The number of nitrogens with two attached hydrogens (primary N) is 2. The highest BCUT2D eigenvalue weighted by Crippen LogP contribution is 2.38. The molecule has 0 saturated heterocycles. The largest absolute Gasteiger partial charge is 0.497 e. The molecule has 11 nitrogen and oxygen atoms in total. The second-order valence-corrected chi connectivity index (χ2v) is 9.17. The minimum atomic E-state index is -0.663. The summed E-state index contributed by atoms with van der Waals surface area (Å²) in [5.41, 5.74) is 13.6. The Labute approximate surface area is 213 Å². The molecule has 4 aromatic rings. The van der Waals surface area contributed by atoms with E-state index >= 15 is 0 Å². The number of urea groups is 1. The van der Waals surface area contributed by atoms with Gasteiger partial charge in [-0.3, -0.25) is 14.9 Å². The van der Waals surface area contributed by atoms with E-state index in [-0.39, 0.29) is 23.4 Å². The third-order valence-corrected chi connectivity index (χ3v) is 6.73. The van der Waals surface area contributed by atoms with Crippen molar-refractivity contribution in [3.05, 3.63) is 59.5 Å². The first-order valence-electron chi connectivity index (χ1n) is 10.4. The summed E-state index contributed by atoms with van der Waals surface area (Å²) in [6.45, 7) is -0.297. The number of methoxy groups -OCH3 is 1. The van der Waals surface area contributed by atoms with Gasteiger partial charge in [-0.15, -0.1) is 11.3 Å². The molecular weight excluding hydrogens is 502 g/mol. The zero-order chi connectivity index (χ0) is 25.7. The van der Waals surface area contributed by atoms with Crippen LogP contribution in [0.2, 0.25) is 0 Å². The normalized spacial score (nSPS) is 10.5. The lowest BCUT2D eigenvalue weighted by molar-refractivity contribution is -0.117. The Morgan fingerprint density at radius 3 is 2.64 bits per heavy atom. The topological polar surface area (TPSA) is 174 Å². The van der Waals surface area contributed by atoms with Crippen LogP contribution < -0.4 is 32.2 Å². The molecule has 0 fully saturated rings. The highest BCUT2D eigenvalue weighted by atomic mass is 32.1. The second-order valence-electron chi connectivity index (χ2n) is 7.31. The van der Waals surface area contributed by atoms with Crippen molar-refractivity contribution >= 4 is 57.2 Å². The highest BCUT2D eigenvalue weighted by Gasteiger charge is 2.17. The van der Waals surface area contributed by atoms with Gasteiger partial charge in [0.25, 0.3) is 5.91 Å². The van der Waals surface area contributed by atoms with Gasteiger partial charge in [0, 0.05) is 22.2 Å². The first-order chi connectivity index (χ1) is 17.3. The minimum Gasteiger partial charge on any atom is -0.497 e. The standard InChI is InChI=1S/C23H21N7O4S2/c1-34-15-7-3-5-13(9-15)20(32)27-14-6-2-4-12(8-14)16-11-35-21(28-16)18-19(25)29-23(36-18)30-22(33)26-10-17(24)31/h2-9,11H,10,25H2,1H3,(H2,24,31)(H,27,32)(H2,26,29,30,33). The summed E-state index contributed by atoms with van der Waals surface area (Å²) in [4.78, 5) is 44.7. The van der Waals surface area contributed by atoms with E-state index in [1.807, 2.05) is 23.6 Å². The number of amides is 4. The van der Waals surface area contributed by atoms with E-state index in [1.54, 1.807) is 37.4 Å². The number of nitrogen functional groups attached to an aromatic ring is 1. The number of hydrogen-bond acceptors (Lipinski definition) is 9. The van der Waals surface area contributed by atoms with Crippen LogP contribution in [0.1, 0.15) is 10.4 Å². The summed E-state index contributed by atoms with van der Waals surface area (Å²) >= 11 is 2.52. The van der Waals surface area contributed by atoms with Gasteiger partial charge in [0.05, 0.1) is 19.3 Å². The van der Waals surface area contributed by atoms with Crippen LogP contribution in [0.15, 0.2) is 53.9 Å². The number of carbonyl (C=O) groups is 3. The Morgan fingerprint density at radius 2 is 1.86 bits per heavy atom.